The van der Waals surface area contributed by atoms with Gasteiger partial charge in [-0.2, -0.15) is 0 Å². The fourth-order valence-electron chi connectivity index (χ4n) is 3.48. The van der Waals surface area contributed by atoms with Crippen molar-refractivity contribution in [3.05, 3.63) is 11.1 Å². The van der Waals surface area contributed by atoms with Crippen LogP contribution in [0.1, 0.15) is 40.0 Å². The van der Waals surface area contributed by atoms with E-state index in [4.69, 9.17) is 12.2 Å². The Morgan fingerprint density at radius 3 is 2.65 bits per heavy atom. The molecule has 0 aromatic carbocycles. The maximum atomic E-state index is 12.5. The molecule has 2 rings (SSSR count). The van der Waals surface area contributed by atoms with E-state index in [0.29, 0.717) is 29.3 Å². The number of carbonyl (C=O) groups excluding carboxylic acids is 2. The van der Waals surface area contributed by atoms with Crippen molar-refractivity contribution in [1.82, 2.24) is 20.9 Å². The third kappa shape index (κ3) is 3.26. The van der Waals surface area contributed by atoms with Gasteiger partial charge in [-0.15, -0.1) is 0 Å². The Bertz CT molecular complexity index is 546. The van der Waals surface area contributed by atoms with Crippen molar-refractivity contribution in [2.75, 3.05) is 26.2 Å². The highest BCUT2D eigenvalue weighted by Crippen LogP contribution is 2.36. The van der Waals surface area contributed by atoms with E-state index in [2.05, 4.69) is 27.8 Å². The maximum absolute atomic E-state index is 12.5. The summed E-state index contributed by atoms with van der Waals surface area (Å²) in [5.41, 5.74) is 0.524. The lowest BCUT2D eigenvalue weighted by Crippen LogP contribution is -2.66. The predicted octanol–water partition coefficient (Wildman–Crippen LogP) is 0.688. The molecule has 1 fully saturated rings. The normalized spacial score (nSPS) is 24.9. The zero-order chi connectivity index (χ0) is 17.0. The lowest BCUT2D eigenvalue weighted by atomic mass is 9.79. The first-order valence-electron chi connectivity index (χ1n) is 8.31. The van der Waals surface area contributed by atoms with Crippen LogP contribution in [0.4, 0.5) is 0 Å². The molecule has 0 radical (unpaired) electrons. The number of imide groups is 1. The molecule has 0 aromatic heterocycles. The van der Waals surface area contributed by atoms with Crippen LogP contribution in [-0.2, 0) is 9.59 Å². The number of piperazine rings is 1. The summed E-state index contributed by atoms with van der Waals surface area (Å²) >= 11 is 5.56. The molecule has 1 atom stereocenters. The summed E-state index contributed by atoms with van der Waals surface area (Å²) in [7, 11) is 0. The monoisotopic (exact) mass is 338 g/mol. The molecule has 3 N–H and O–H groups in total. The van der Waals surface area contributed by atoms with Crippen LogP contribution in [-0.4, -0.2) is 53.5 Å². The summed E-state index contributed by atoms with van der Waals surface area (Å²) in [5, 5.41) is 9.68. The highest BCUT2D eigenvalue weighted by atomic mass is 32.1. The van der Waals surface area contributed by atoms with Gasteiger partial charge in [0.1, 0.15) is 0 Å². The summed E-state index contributed by atoms with van der Waals surface area (Å²) in [6.07, 6.45) is 2.77. The number of amides is 2. The van der Waals surface area contributed by atoms with Gasteiger partial charge in [0, 0.05) is 31.8 Å². The van der Waals surface area contributed by atoms with Crippen LogP contribution in [0.15, 0.2) is 11.1 Å². The van der Waals surface area contributed by atoms with Crippen molar-refractivity contribution in [2.45, 2.75) is 45.6 Å². The lowest BCUT2D eigenvalue weighted by molar-refractivity contribution is -0.124. The first kappa shape index (κ1) is 17.9. The third-order valence-electron chi connectivity index (χ3n) is 4.60. The number of hydrogen-bond donors (Lipinski definition) is 3. The number of hydrogen-bond acceptors (Lipinski definition) is 4. The van der Waals surface area contributed by atoms with E-state index in [-0.39, 0.29) is 11.8 Å². The van der Waals surface area contributed by atoms with Crippen molar-refractivity contribution in [1.29, 1.82) is 0 Å². The zero-order valence-electron chi connectivity index (χ0n) is 14.1. The average molecular weight is 338 g/mol. The molecule has 2 aliphatic rings. The van der Waals surface area contributed by atoms with Crippen LogP contribution < -0.4 is 16.0 Å². The number of nitrogens with zero attached hydrogens (tertiary/aromatic N) is 1. The Kier molecular flexibility index (Phi) is 5.75. The molecule has 2 amide bonds. The summed E-state index contributed by atoms with van der Waals surface area (Å²) in [6.45, 7) is 8.72. The minimum Gasteiger partial charge on any atom is -0.363 e. The van der Waals surface area contributed by atoms with Crippen molar-refractivity contribution < 1.29 is 9.59 Å². The predicted molar refractivity (Wildman–Crippen MR) is 94.0 cm³/mol. The smallest absolute Gasteiger partial charge is 0.256 e. The van der Waals surface area contributed by atoms with Gasteiger partial charge in [-0.3, -0.25) is 14.9 Å². The van der Waals surface area contributed by atoms with Crippen LogP contribution in [0.25, 0.3) is 0 Å². The molecule has 6 nitrogen and oxygen atoms in total. The Hall–Kier alpha value is -1.47. The van der Waals surface area contributed by atoms with Crippen LogP contribution in [0.3, 0.4) is 0 Å². The van der Waals surface area contributed by atoms with Gasteiger partial charge in [0.15, 0.2) is 5.11 Å². The minimum absolute atomic E-state index is 0.281. The second kappa shape index (κ2) is 7.40. The SMILES string of the molecule is CCCCC1(C2=C(C)C(=O)NC2=O)CNCCN1C(=S)NCC. The van der Waals surface area contributed by atoms with E-state index < -0.39 is 5.54 Å². The van der Waals surface area contributed by atoms with E-state index >= 15 is 0 Å². The van der Waals surface area contributed by atoms with Gasteiger partial charge in [-0.05, 0) is 32.5 Å². The highest BCUT2D eigenvalue weighted by Gasteiger charge is 2.49. The number of unbranched alkanes of at least 4 members (excludes halogenated alkanes) is 1. The van der Waals surface area contributed by atoms with Crippen molar-refractivity contribution >= 4 is 29.1 Å². The molecule has 0 aromatic rings. The summed E-state index contributed by atoms with van der Waals surface area (Å²) in [5.74, 6) is -0.572. The van der Waals surface area contributed by atoms with E-state index in [1.807, 2.05) is 6.92 Å². The van der Waals surface area contributed by atoms with E-state index in [1.165, 1.54) is 0 Å². The molecule has 1 unspecified atom stereocenters. The standard InChI is InChI=1S/C16H26N4O2S/c1-4-6-7-16(12-11(3)13(21)19-14(12)22)10-17-8-9-20(16)15(23)18-5-2/h17H,4-10H2,1-3H3,(H,18,23)(H,19,21,22). The second-order valence-electron chi connectivity index (χ2n) is 6.08. The van der Waals surface area contributed by atoms with Gasteiger partial charge in [0.25, 0.3) is 11.8 Å². The molecule has 7 heteroatoms. The summed E-state index contributed by atoms with van der Waals surface area (Å²) in [6, 6.07) is 0. The lowest BCUT2D eigenvalue weighted by Gasteiger charge is -2.49. The minimum atomic E-state index is -0.562. The number of rotatable bonds is 5. The van der Waals surface area contributed by atoms with Crippen molar-refractivity contribution in [2.24, 2.45) is 0 Å². The van der Waals surface area contributed by atoms with Crippen LogP contribution in [0, 0.1) is 0 Å². The van der Waals surface area contributed by atoms with Crippen LogP contribution in [0.2, 0.25) is 0 Å². The van der Waals surface area contributed by atoms with Crippen LogP contribution >= 0.6 is 12.2 Å². The van der Waals surface area contributed by atoms with Crippen molar-refractivity contribution in [3.8, 4) is 0 Å². The topological polar surface area (TPSA) is 73.5 Å². The zero-order valence-corrected chi connectivity index (χ0v) is 14.9. The summed E-state index contributed by atoms with van der Waals surface area (Å²) in [4.78, 5) is 26.6. The fourth-order valence-corrected chi connectivity index (χ4v) is 3.89. The Balaban J connectivity index is 2.50. The average Bonchev–Trinajstić information content (AvgIpc) is 2.79. The number of nitrogens with one attached hydrogen (secondary N) is 3. The molecule has 0 bridgehead atoms. The van der Waals surface area contributed by atoms with Gasteiger partial charge in [-0.25, -0.2) is 0 Å². The molecular formula is C16H26N4O2S. The summed E-state index contributed by atoms with van der Waals surface area (Å²) < 4.78 is 0. The number of thiocarbonyl (C=S) groups is 1. The Labute approximate surface area is 143 Å². The first-order valence-corrected chi connectivity index (χ1v) is 8.72. The van der Waals surface area contributed by atoms with Crippen LogP contribution in [0.5, 0.6) is 0 Å². The largest absolute Gasteiger partial charge is 0.363 e. The van der Waals surface area contributed by atoms with Gasteiger partial charge in [0.05, 0.1) is 11.1 Å². The molecule has 0 saturated carbocycles. The molecule has 0 spiro atoms. The number of carbonyl (C=O) groups is 2. The van der Waals surface area contributed by atoms with E-state index in [9.17, 15) is 9.59 Å². The Morgan fingerprint density at radius 2 is 2.09 bits per heavy atom. The molecule has 23 heavy (non-hydrogen) atoms. The molecule has 1 saturated heterocycles. The quantitative estimate of drug-likeness (QED) is 0.506. The van der Waals surface area contributed by atoms with Crippen molar-refractivity contribution in [3.63, 3.8) is 0 Å². The fraction of sp³-hybridized carbons (Fsp3) is 0.688. The second-order valence-corrected chi connectivity index (χ2v) is 6.47. The molecule has 2 heterocycles. The van der Waals surface area contributed by atoms with Gasteiger partial charge >= 0.3 is 0 Å². The maximum Gasteiger partial charge on any atom is 0.256 e. The Morgan fingerprint density at radius 1 is 1.35 bits per heavy atom. The highest BCUT2D eigenvalue weighted by molar-refractivity contribution is 7.80. The third-order valence-corrected chi connectivity index (χ3v) is 4.96. The molecule has 128 valence electrons. The van der Waals surface area contributed by atoms with Gasteiger partial charge in [-0.1, -0.05) is 19.8 Å². The van der Waals surface area contributed by atoms with E-state index in [0.717, 1.165) is 32.4 Å². The first-order chi connectivity index (χ1) is 11.0. The molecule has 0 aliphatic carbocycles. The van der Waals surface area contributed by atoms with Gasteiger partial charge in [0.2, 0.25) is 0 Å². The van der Waals surface area contributed by atoms with E-state index in [1.54, 1.807) is 6.92 Å². The molecule has 2 aliphatic heterocycles. The van der Waals surface area contributed by atoms with Gasteiger partial charge < -0.3 is 15.5 Å². The molecular weight excluding hydrogens is 312 g/mol.